The fourth-order valence-corrected chi connectivity index (χ4v) is 3.40. The number of para-hydroxylation sites is 1. The van der Waals surface area contributed by atoms with Gasteiger partial charge in [-0.05, 0) is 47.7 Å². The minimum absolute atomic E-state index is 0.192. The molecule has 0 aliphatic carbocycles. The Balaban J connectivity index is 1.67. The first-order valence-corrected chi connectivity index (χ1v) is 8.70. The van der Waals surface area contributed by atoms with Gasteiger partial charge in [-0.15, -0.1) is 5.10 Å². The Morgan fingerprint density at radius 3 is 2.88 bits per heavy atom. The predicted molar refractivity (Wildman–Crippen MR) is 95.7 cm³/mol. The quantitative estimate of drug-likeness (QED) is 0.557. The highest BCUT2D eigenvalue weighted by molar-refractivity contribution is 7.99. The van der Waals surface area contributed by atoms with E-state index in [1.807, 2.05) is 13.0 Å². The molecule has 130 valence electrons. The third kappa shape index (κ3) is 3.08. The summed E-state index contributed by atoms with van der Waals surface area (Å²) in [6.45, 7) is 1.89. The normalized spacial score (nSPS) is 12.4. The van der Waals surface area contributed by atoms with E-state index < -0.39 is 0 Å². The van der Waals surface area contributed by atoms with Crippen molar-refractivity contribution in [2.75, 3.05) is 0 Å². The number of nitrogens with zero attached hydrogens (tertiary/aromatic N) is 5. The number of rotatable bonds is 4. The molecule has 0 radical (unpaired) electrons. The molecule has 0 amide bonds. The molecule has 9 heteroatoms. The summed E-state index contributed by atoms with van der Waals surface area (Å²) in [6.07, 6.45) is 0. The van der Waals surface area contributed by atoms with E-state index in [1.165, 1.54) is 28.6 Å². The molecule has 0 aliphatic heterocycles. The van der Waals surface area contributed by atoms with Crippen LogP contribution < -0.4 is 5.56 Å². The van der Waals surface area contributed by atoms with E-state index >= 15 is 0 Å². The molecule has 4 rings (SSSR count). The van der Waals surface area contributed by atoms with Gasteiger partial charge in [0.1, 0.15) is 11.6 Å². The van der Waals surface area contributed by atoms with Gasteiger partial charge in [-0.25, -0.2) is 9.37 Å². The van der Waals surface area contributed by atoms with Crippen LogP contribution >= 0.6 is 11.8 Å². The van der Waals surface area contributed by atoms with Gasteiger partial charge in [-0.2, -0.15) is 4.68 Å². The van der Waals surface area contributed by atoms with Gasteiger partial charge in [0.05, 0.1) is 21.8 Å². The highest BCUT2D eigenvalue weighted by atomic mass is 32.2. The smallest absolute Gasteiger partial charge is 0.258 e. The van der Waals surface area contributed by atoms with Gasteiger partial charge >= 0.3 is 0 Å². The number of hydrogen-bond acceptors (Lipinski definition) is 6. The molecule has 0 bridgehead atoms. The number of H-pyrrole nitrogens is 1. The van der Waals surface area contributed by atoms with Crippen molar-refractivity contribution < 1.29 is 4.39 Å². The Bertz CT molecular complexity index is 1140. The van der Waals surface area contributed by atoms with Crippen LogP contribution in [0.3, 0.4) is 0 Å². The van der Waals surface area contributed by atoms with Crippen molar-refractivity contribution >= 4 is 22.7 Å². The summed E-state index contributed by atoms with van der Waals surface area (Å²) in [5.41, 5.74) is 0.954. The first kappa shape index (κ1) is 16.4. The summed E-state index contributed by atoms with van der Waals surface area (Å²) in [5.74, 6) is 0.148. The molecule has 1 N–H and O–H groups in total. The van der Waals surface area contributed by atoms with Gasteiger partial charge in [0.25, 0.3) is 5.56 Å². The van der Waals surface area contributed by atoms with E-state index in [0.29, 0.717) is 27.6 Å². The van der Waals surface area contributed by atoms with Crippen LogP contribution in [-0.4, -0.2) is 30.2 Å². The summed E-state index contributed by atoms with van der Waals surface area (Å²) in [5, 5.41) is 12.4. The zero-order chi connectivity index (χ0) is 18.1. The molecule has 26 heavy (non-hydrogen) atoms. The summed E-state index contributed by atoms with van der Waals surface area (Å²) < 4.78 is 14.9. The van der Waals surface area contributed by atoms with E-state index in [2.05, 4.69) is 25.5 Å². The van der Waals surface area contributed by atoms with E-state index in [9.17, 15) is 9.18 Å². The first-order chi connectivity index (χ1) is 12.6. The zero-order valence-corrected chi connectivity index (χ0v) is 14.4. The van der Waals surface area contributed by atoms with E-state index in [4.69, 9.17) is 0 Å². The van der Waals surface area contributed by atoms with Crippen molar-refractivity contribution in [2.24, 2.45) is 0 Å². The molecule has 2 aromatic carbocycles. The number of fused-ring (bicyclic) bond motifs is 1. The SMILES string of the molecule is C[C@H](Sc1nnnn1-c1cccc(F)c1)c1nc2ccccc2c(=O)[nH]1. The molecule has 2 aromatic heterocycles. The van der Waals surface area contributed by atoms with Crippen molar-refractivity contribution in [3.8, 4) is 5.69 Å². The minimum atomic E-state index is -0.373. The molecule has 4 aromatic rings. The van der Waals surface area contributed by atoms with Crippen LogP contribution in [0.4, 0.5) is 4.39 Å². The van der Waals surface area contributed by atoms with Crippen LogP contribution in [0.2, 0.25) is 0 Å². The second kappa shape index (κ2) is 6.68. The molecule has 0 fully saturated rings. The number of halogens is 1. The summed E-state index contributed by atoms with van der Waals surface area (Å²) in [6, 6.07) is 13.2. The average molecular weight is 368 g/mol. The molecule has 0 aliphatic rings. The Morgan fingerprint density at radius 2 is 2.04 bits per heavy atom. The Labute approximate surface area is 151 Å². The molecule has 2 heterocycles. The Morgan fingerprint density at radius 1 is 1.19 bits per heavy atom. The summed E-state index contributed by atoms with van der Waals surface area (Å²) in [4.78, 5) is 19.6. The largest absolute Gasteiger partial charge is 0.309 e. The lowest BCUT2D eigenvalue weighted by atomic mass is 10.2. The average Bonchev–Trinajstić information content (AvgIpc) is 3.10. The lowest BCUT2D eigenvalue weighted by Gasteiger charge is -2.11. The van der Waals surface area contributed by atoms with E-state index in [1.54, 1.807) is 30.3 Å². The Hall–Kier alpha value is -3.07. The van der Waals surface area contributed by atoms with Gasteiger partial charge in [-0.3, -0.25) is 4.79 Å². The zero-order valence-electron chi connectivity index (χ0n) is 13.6. The van der Waals surface area contributed by atoms with Crippen LogP contribution in [0, 0.1) is 5.82 Å². The predicted octanol–water partition coefficient (Wildman–Crippen LogP) is 2.89. The number of aromatic amines is 1. The van der Waals surface area contributed by atoms with Crippen LogP contribution in [0.25, 0.3) is 16.6 Å². The maximum absolute atomic E-state index is 13.5. The fourth-order valence-electron chi connectivity index (χ4n) is 2.53. The van der Waals surface area contributed by atoms with E-state index in [0.717, 1.165) is 0 Å². The second-order valence-electron chi connectivity index (χ2n) is 5.58. The third-order valence-electron chi connectivity index (χ3n) is 3.79. The molecule has 0 saturated heterocycles. The molecule has 0 spiro atoms. The third-order valence-corrected chi connectivity index (χ3v) is 4.83. The van der Waals surface area contributed by atoms with Crippen molar-refractivity contribution in [2.45, 2.75) is 17.3 Å². The van der Waals surface area contributed by atoms with E-state index in [-0.39, 0.29) is 16.6 Å². The molecular weight excluding hydrogens is 355 g/mol. The molecule has 0 saturated carbocycles. The van der Waals surface area contributed by atoms with Gasteiger partial charge in [-0.1, -0.05) is 30.0 Å². The summed E-state index contributed by atoms with van der Waals surface area (Å²) >= 11 is 1.32. The van der Waals surface area contributed by atoms with Crippen LogP contribution in [0.15, 0.2) is 58.5 Å². The van der Waals surface area contributed by atoms with Crippen molar-refractivity contribution in [1.29, 1.82) is 0 Å². The van der Waals surface area contributed by atoms with Gasteiger partial charge in [0.15, 0.2) is 0 Å². The number of benzene rings is 2. The number of nitrogens with one attached hydrogen (secondary N) is 1. The highest BCUT2D eigenvalue weighted by Gasteiger charge is 2.17. The first-order valence-electron chi connectivity index (χ1n) is 7.82. The maximum Gasteiger partial charge on any atom is 0.258 e. The monoisotopic (exact) mass is 368 g/mol. The van der Waals surface area contributed by atoms with Gasteiger partial charge in [0.2, 0.25) is 5.16 Å². The summed E-state index contributed by atoms with van der Waals surface area (Å²) in [7, 11) is 0. The molecule has 0 unspecified atom stereocenters. The number of hydrogen-bond donors (Lipinski definition) is 1. The lowest BCUT2D eigenvalue weighted by Crippen LogP contribution is -2.13. The number of aromatic nitrogens is 6. The Kier molecular flexibility index (Phi) is 4.21. The van der Waals surface area contributed by atoms with Gasteiger partial charge < -0.3 is 4.98 Å². The standard InChI is InChI=1S/C17H13FN6OS/c1-10(15-19-14-8-3-2-7-13(14)16(25)20-15)26-17-21-22-23-24(17)12-6-4-5-11(18)9-12/h2-10H,1H3,(H,19,20,25)/t10-/m0/s1. The van der Waals surface area contributed by atoms with Crippen molar-refractivity contribution in [3.63, 3.8) is 0 Å². The molecular formula is C17H13FN6OS. The maximum atomic E-state index is 13.5. The minimum Gasteiger partial charge on any atom is -0.309 e. The number of tetrazole rings is 1. The lowest BCUT2D eigenvalue weighted by molar-refractivity contribution is 0.623. The van der Waals surface area contributed by atoms with Crippen LogP contribution in [0.5, 0.6) is 0 Å². The van der Waals surface area contributed by atoms with Crippen LogP contribution in [-0.2, 0) is 0 Å². The van der Waals surface area contributed by atoms with Crippen molar-refractivity contribution in [3.05, 3.63) is 70.5 Å². The van der Waals surface area contributed by atoms with Gasteiger partial charge in [0, 0.05) is 0 Å². The topological polar surface area (TPSA) is 89.3 Å². The fraction of sp³-hybridized carbons (Fsp3) is 0.118. The van der Waals surface area contributed by atoms with Crippen LogP contribution in [0.1, 0.15) is 18.0 Å². The highest BCUT2D eigenvalue weighted by Crippen LogP contribution is 2.32. The van der Waals surface area contributed by atoms with Crippen molar-refractivity contribution in [1.82, 2.24) is 30.2 Å². The second-order valence-corrected chi connectivity index (χ2v) is 6.89. The number of thioether (sulfide) groups is 1. The molecule has 7 nitrogen and oxygen atoms in total. The molecule has 1 atom stereocenters.